The van der Waals surface area contributed by atoms with Crippen LogP contribution in [0.1, 0.15) is 35.9 Å². The normalized spacial score (nSPS) is 27.9. The summed E-state index contributed by atoms with van der Waals surface area (Å²) in [6.45, 7) is 2.15. The van der Waals surface area contributed by atoms with Crippen LogP contribution in [0.15, 0.2) is 0 Å². The van der Waals surface area contributed by atoms with Crippen LogP contribution in [0.4, 0.5) is 5.13 Å². The third-order valence-electron chi connectivity index (χ3n) is 4.07. The summed E-state index contributed by atoms with van der Waals surface area (Å²) in [7, 11) is 4.29. The molecule has 1 fully saturated rings. The van der Waals surface area contributed by atoms with Gasteiger partial charge < -0.3 is 14.9 Å². The van der Waals surface area contributed by atoms with E-state index in [9.17, 15) is 5.11 Å². The highest BCUT2D eigenvalue weighted by Crippen LogP contribution is 2.38. The van der Waals surface area contributed by atoms with Crippen molar-refractivity contribution in [3.63, 3.8) is 0 Å². The molecule has 0 radical (unpaired) electrons. The monoisotopic (exact) mass is 267 g/mol. The Bertz CT molecular complexity index is 432. The van der Waals surface area contributed by atoms with E-state index < -0.39 is 0 Å². The molecule has 0 spiro atoms. The third kappa shape index (κ3) is 2.15. The van der Waals surface area contributed by atoms with Crippen molar-refractivity contribution < 1.29 is 5.11 Å². The molecule has 1 aromatic rings. The number of fused-ring (bicyclic) bond motifs is 1. The number of hydrogen-bond donors (Lipinski definition) is 1. The van der Waals surface area contributed by atoms with E-state index in [1.807, 2.05) is 0 Å². The number of aromatic nitrogens is 1. The van der Waals surface area contributed by atoms with Gasteiger partial charge in [0.25, 0.3) is 0 Å². The van der Waals surface area contributed by atoms with Crippen molar-refractivity contribution in [2.75, 3.05) is 32.1 Å². The zero-order chi connectivity index (χ0) is 12.7. The molecule has 0 amide bonds. The van der Waals surface area contributed by atoms with Gasteiger partial charge >= 0.3 is 0 Å². The SMILES string of the molecule is CN(C)C1CCN(c2nc3c(s2)C(O)CCC3)C1. The van der Waals surface area contributed by atoms with Gasteiger partial charge in [-0.25, -0.2) is 4.98 Å². The summed E-state index contributed by atoms with van der Waals surface area (Å²) in [4.78, 5) is 10.5. The molecule has 5 heteroatoms. The second-order valence-corrected chi connectivity index (χ2v) is 6.58. The van der Waals surface area contributed by atoms with Crippen LogP contribution in [-0.4, -0.2) is 48.2 Å². The fraction of sp³-hybridized carbons (Fsp3) is 0.769. The molecule has 1 aliphatic carbocycles. The Labute approximate surface area is 112 Å². The number of hydrogen-bond acceptors (Lipinski definition) is 5. The minimum absolute atomic E-state index is 0.271. The quantitative estimate of drug-likeness (QED) is 0.884. The summed E-state index contributed by atoms with van der Waals surface area (Å²) < 4.78 is 0. The molecule has 2 heterocycles. The molecule has 18 heavy (non-hydrogen) atoms. The molecule has 1 aliphatic heterocycles. The first kappa shape index (κ1) is 12.4. The predicted molar refractivity (Wildman–Crippen MR) is 74.3 cm³/mol. The Kier molecular flexibility index (Phi) is 3.30. The van der Waals surface area contributed by atoms with Crippen molar-refractivity contribution in [3.05, 3.63) is 10.6 Å². The van der Waals surface area contributed by atoms with Gasteiger partial charge in [-0.05, 0) is 39.8 Å². The molecule has 2 atom stereocenters. The minimum Gasteiger partial charge on any atom is -0.388 e. The number of aliphatic hydroxyl groups is 1. The zero-order valence-electron chi connectivity index (χ0n) is 11.1. The largest absolute Gasteiger partial charge is 0.388 e. The molecule has 1 saturated heterocycles. The maximum absolute atomic E-state index is 10.0. The molecule has 0 aromatic carbocycles. The Morgan fingerprint density at radius 3 is 2.89 bits per heavy atom. The summed E-state index contributed by atoms with van der Waals surface area (Å²) in [5.41, 5.74) is 1.14. The lowest BCUT2D eigenvalue weighted by atomic mass is 10.0. The van der Waals surface area contributed by atoms with Gasteiger partial charge in [-0.15, -0.1) is 0 Å². The summed E-state index contributed by atoms with van der Waals surface area (Å²) in [5.74, 6) is 0. The van der Waals surface area contributed by atoms with Gasteiger partial charge in [0.15, 0.2) is 5.13 Å². The number of aliphatic hydroxyl groups excluding tert-OH is 1. The van der Waals surface area contributed by atoms with Crippen LogP contribution in [0.25, 0.3) is 0 Å². The first-order valence-corrected chi connectivity index (χ1v) is 7.56. The van der Waals surface area contributed by atoms with Crippen molar-refractivity contribution in [1.29, 1.82) is 0 Å². The Balaban J connectivity index is 1.78. The minimum atomic E-state index is -0.271. The molecule has 2 aliphatic rings. The second-order valence-electron chi connectivity index (χ2n) is 5.57. The van der Waals surface area contributed by atoms with Crippen molar-refractivity contribution in [2.45, 2.75) is 37.8 Å². The van der Waals surface area contributed by atoms with Gasteiger partial charge in [-0.1, -0.05) is 11.3 Å². The predicted octanol–water partition coefficient (Wildman–Crippen LogP) is 1.65. The van der Waals surface area contributed by atoms with Crippen LogP contribution in [0.5, 0.6) is 0 Å². The average molecular weight is 267 g/mol. The first-order chi connectivity index (χ1) is 8.65. The van der Waals surface area contributed by atoms with Gasteiger partial charge in [-0.3, -0.25) is 0 Å². The molecular weight excluding hydrogens is 246 g/mol. The number of aryl methyl sites for hydroxylation is 1. The molecule has 3 rings (SSSR count). The van der Waals surface area contributed by atoms with Crippen LogP contribution >= 0.6 is 11.3 Å². The Morgan fingerprint density at radius 1 is 1.39 bits per heavy atom. The van der Waals surface area contributed by atoms with Gasteiger partial charge in [-0.2, -0.15) is 0 Å². The lowest BCUT2D eigenvalue weighted by Gasteiger charge is -2.19. The van der Waals surface area contributed by atoms with E-state index in [4.69, 9.17) is 4.98 Å². The van der Waals surface area contributed by atoms with Gasteiger partial charge in [0.1, 0.15) is 0 Å². The molecular formula is C13H21N3OS. The van der Waals surface area contributed by atoms with Crippen molar-refractivity contribution >= 4 is 16.5 Å². The fourth-order valence-corrected chi connectivity index (χ4v) is 4.02. The first-order valence-electron chi connectivity index (χ1n) is 6.74. The van der Waals surface area contributed by atoms with E-state index in [0.717, 1.165) is 48.1 Å². The highest BCUT2D eigenvalue weighted by atomic mass is 32.1. The lowest BCUT2D eigenvalue weighted by Crippen LogP contribution is -2.31. The number of likely N-dealkylation sites (N-methyl/N-ethyl adjacent to an activating group) is 1. The van der Waals surface area contributed by atoms with Crippen LogP contribution < -0.4 is 4.90 Å². The maximum atomic E-state index is 10.0. The summed E-state index contributed by atoms with van der Waals surface area (Å²) in [5, 5.41) is 11.1. The summed E-state index contributed by atoms with van der Waals surface area (Å²) >= 11 is 1.70. The lowest BCUT2D eigenvalue weighted by molar-refractivity contribution is 0.160. The van der Waals surface area contributed by atoms with Crippen LogP contribution in [0.2, 0.25) is 0 Å². The average Bonchev–Trinajstić information content (AvgIpc) is 2.95. The fourth-order valence-electron chi connectivity index (χ4n) is 2.86. The van der Waals surface area contributed by atoms with Crippen molar-refractivity contribution in [3.8, 4) is 0 Å². The molecule has 0 bridgehead atoms. The topological polar surface area (TPSA) is 39.6 Å². The number of thiazole rings is 1. The van der Waals surface area contributed by atoms with Crippen LogP contribution in [0.3, 0.4) is 0 Å². The van der Waals surface area contributed by atoms with E-state index in [1.165, 1.54) is 6.42 Å². The Morgan fingerprint density at radius 2 is 2.22 bits per heavy atom. The van der Waals surface area contributed by atoms with E-state index in [0.29, 0.717) is 6.04 Å². The highest BCUT2D eigenvalue weighted by Gasteiger charge is 2.29. The number of anilines is 1. The zero-order valence-corrected chi connectivity index (χ0v) is 11.9. The van der Waals surface area contributed by atoms with E-state index >= 15 is 0 Å². The molecule has 4 nitrogen and oxygen atoms in total. The summed E-state index contributed by atoms with van der Waals surface area (Å²) in [6.07, 6.45) is 3.94. The van der Waals surface area contributed by atoms with Gasteiger partial charge in [0.2, 0.25) is 0 Å². The molecule has 0 saturated carbocycles. The third-order valence-corrected chi connectivity index (χ3v) is 5.33. The Hall–Kier alpha value is -0.650. The van der Waals surface area contributed by atoms with Crippen molar-refractivity contribution in [1.82, 2.24) is 9.88 Å². The van der Waals surface area contributed by atoms with E-state index in [1.54, 1.807) is 11.3 Å². The van der Waals surface area contributed by atoms with E-state index in [2.05, 4.69) is 23.9 Å². The standard InChI is InChI=1S/C13H21N3OS/c1-15(2)9-6-7-16(8-9)13-14-10-4-3-5-11(17)12(10)18-13/h9,11,17H,3-8H2,1-2H3. The van der Waals surface area contributed by atoms with Crippen LogP contribution in [0, 0.1) is 0 Å². The molecule has 1 N–H and O–H groups in total. The van der Waals surface area contributed by atoms with E-state index in [-0.39, 0.29) is 6.10 Å². The highest BCUT2D eigenvalue weighted by molar-refractivity contribution is 7.15. The van der Waals surface area contributed by atoms with Crippen LogP contribution in [-0.2, 0) is 6.42 Å². The smallest absolute Gasteiger partial charge is 0.185 e. The molecule has 100 valence electrons. The van der Waals surface area contributed by atoms with Crippen molar-refractivity contribution in [2.24, 2.45) is 0 Å². The number of nitrogens with zero attached hydrogens (tertiary/aromatic N) is 3. The summed E-state index contributed by atoms with van der Waals surface area (Å²) in [6, 6.07) is 0.635. The molecule has 1 aromatic heterocycles. The molecule has 2 unspecified atom stereocenters. The van der Waals surface area contributed by atoms with Gasteiger partial charge in [0.05, 0.1) is 16.7 Å². The van der Waals surface area contributed by atoms with Gasteiger partial charge in [0, 0.05) is 19.1 Å². The number of rotatable bonds is 2. The maximum Gasteiger partial charge on any atom is 0.185 e. The second kappa shape index (κ2) is 4.79.